The first-order chi connectivity index (χ1) is 14.6. The third-order valence-electron chi connectivity index (χ3n) is 5.61. The van der Waals surface area contributed by atoms with E-state index < -0.39 is 0 Å². The lowest BCUT2D eigenvalue weighted by atomic mass is 9.85. The van der Waals surface area contributed by atoms with E-state index in [2.05, 4.69) is 21.1 Å². The maximum Gasteiger partial charge on any atom is 0.317 e. The van der Waals surface area contributed by atoms with Crippen LogP contribution >= 0.6 is 0 Å². The van der Waals surface area contributed by atoms with Crippen molar-refractivity contribution in [1.82, 2.24) is 21.1 Å². The number of nitrogens with zero attached hydrogens (tertiary/aromatic N) is 1. The average Bonchev–Trinajstić information content (AvgIpc) is 3.12. The number of methoxy groups -OCH3 is 1. The molecule has 0 spiro atoms. The Morgan fingerprint density at radius 1 is 1.37 bits per heavy atom. The lowest BCUT2D eigenvalue weighted by Crippen LogP contribution is -2.58. The minimum atomic E-state index is -0.319. The van der Waals surface area contributed by atoms with Gasteiger partial charge in [-0.2, -0.15) is 0 Å². The number of hydrogen-bond acceptors (Lipinski definition) is 6. The molecule has 3 heterocycles. The smallest absolute Gasteiger partial charge is 0.317 e. The van der Waals surface area contributed by atoms with Crippen molar-refractivity contribution < 1.29 is 23.6 Å². The van der Waals surface area contributed by atoms with E-state index in [1.807, 2.05) is 24.3 Å². The summed E-state index contributed by atoms with van der Waals surface area (Å²) in [5.41, 5.74) is 2.80. The number of nitrogens with one attached hydrogen (secondary N) is 3. The zero-order valence-electron chi connectivity index (χ0n) is 17.1. The monoisotopic (exact) mass is 414 g/mol. The van der Waals surface area contributed by atoms with Crippen molar-refractivity contribution >= 4 is 11.9 Å². The molecule has 1 aromatic heterocycles. The number of aromatic nitrogens is 1. The Hall–Kier alpha value is -2.91. The molecule has 160 valence electrons. The van der Waals surface area contributed by atoms with Crippen LogP contribution in [-0.2, 0) is 22.6 Å². The van der Waals surface area contributed by atoms with Gasteiger partial charge in [0.15, 0.2) is 5.69 Å². The summed E-state index contributed by atoms with van der Waals surface area (Å²) in [4.78, 5) is 24.6. The van der Waals surface area contributed by atoms with Gasteiger partial charge in [-0.05, 0) is 30.9 Å². The SMILES string of the molecule is COCc1c(C(=O)NCc2cccc([C@@H]3NC(=O)N[C@H]4OCCC[C@H]43)c2)noc1C. The highest BCUT2D eigenvalue weighted by molar-refractivity contribution is 5.93. The number of urea groups is 1. The highest BCUT2D eigenvalue weighted by Gasteiger charge is 2.39. The van der Waals surface area contributed by atoms with Crippen LogP contribution in [0.25, 0.3) is 0 Å². The summed E-state index contributed by atoms with van der Waals surface area (Å²) in [6.07, 6.45) is 1.67. The van der Waals surface area contributed by atoms with Crippen molar-refractivity contribution in [3.8, 4) is 0 Å². The number of carbonyl (C=O) groups is 2. The second kappa shape index (κ2) is 8.85. The minimum Gasteiger partial charge on any atom is -0.380 e. The van der Waals surface area contributed by atoms with E-state index in [9.17, 15) is 9.59 Å². The first-order valence-electron chi connectivity index (χ1n) is 10.1. The highest BCUT2D eigenvalue weighted by Crippen LogP contribution is 2.34. The second-order valence-corrected chi connectivity index (χ2v) is 7.62. The molecule has 9 heteroatoms. The highest BCUT2D eigenvalue weighted by atomic mass is 16.5. The van der Waals surface area contributed by atoms with Crippen LogP contribution in [0.5, 0.6) is 0 Å². The quantitative estimate of drug-likeness (QED) is 0.667. The zero-order valence-corrected chi connectivity index (χ0v) is 17.1. The molecule has 0 radical (unpaired) electrons. The number of aryl methyl sites for hydroxylation is 1. The van der Waals surface area contributed by atoms with Gasteiger partial charge in [0.05, 0.1) is 18.2 Å². The lowest BCUT2D eigenvalue weighted by molar-refractivity contribution is -0.0602. The summed E-state index contributed by atoms with van der Waals surface area (Å²) < 4.78 is 16.0. The molecule has 2 aliphatic heterocycles. The van der Waals surface area contributed by atoms with Crippen LogP contribution in [0, 0.1) is 12.8 Å². The third kappa shape index (κ3) is 4.17. The van der Waals surface area contributed by atoms with Crippen LogP contribution in [-0.4, -0.2) is 37.0 Å². The maximum atomic E-state index is 12.6. The summed E-state index contributed by atoms with van der Waals surface area (Å²) in [5, 5.41) is 12.6. The summed E-state index contributed by atoms with van der Waals surface area (Å²) >= 11 is 0. The Morgan fingerprint density at radius 3 is 3.07 bits per heavy atom. The topological polar surface area (TPSA) is 115 Å². The molecule has 3 atom stereocenters. The van der Waals surface area contributed by atoms with Crippen LogP contribution in [0.2, 0.25) is 0 Å². The van der Waals surface area contributed by atoms with E-state index >= 15 is 0 Å². The first kappa shape index (κ1) is 20.4. The Balaban J connectivity index is 1.46. The molecule has 3 N–H and O–H groups in total. The van der Waals surface area contributed by atoms with E-state index in [0.717, 1.165) is 24.0 Å². The summed E-state index contributed by atoms with van der Waals surface area (Å²) in [6.45, 7) is 2.99. The van der Waals surface area contributed by atoms with Gasteiger partial charge in [0.1, 0.15) is 12.0 Å². The van der Waals surface area contributed by atoms with Gasteiger partial charge in [-0.1, -0.05) is 29.4 Å². The molecule has 2 aromatic rings. The van der Waals surface area contributed by atoms with Crippen LogP contribution in [0.15, 0.2) is 28.8 Å². The van der Waals surface area contributed by atoms with Crippen molar-refractivity contribution in [3.05, 3.63) is 52.4 Å². The van der Waals surface area contributed by atoms with E-state index in [1.165, 1.54) is 0 Å². The van der Waals surface area contributed by atoms with Crippen molar-refractivity contribution in [2.24, 2.45) is 5.92 Å². The minimum absolute atomic E-state index is 0.133. The molecule has 1 aromatic carbocycles. The van der Waals surface area contributed by atoms with Gasteiger partial charge in [-0.3, -0.25) is 4.79 Å². The first-order valence-corrected chi connectivity index (χ1v) is 10.1. The molecule has 0 bridgehead atoms. The summed E-state index contributed by atoms with van der Waals surface area (Å²) in [7, 11) is 1.56. The molecule has 30 heavy (non-hydrogen) atoms. The number of amides is 3. The third-order valence-corrected chi connectivity index (χ3v) is 5.61. The normalized spacial score (nSPS) is 23.3. The molecule has 9 nitrogen and oxygen atoms in total. The van der Waals surface area contributed by atoms with Gasteiger partial charge < -0.3 is 29.9 Å². The van der Waals surface area contributed by atoms with Crippen molar-refractivity contribution in [3.63, 3.8) is 0 Å². The average molecular weight is 414 g/mol. The van der Waals surface area contributed by atoms with Crippen LogP contribution < -0.4 is 16.0 Å². The Bertz CT molecular complexity index is 928. The Labute approximate surface area is 174 Å². The van der Waals surface area contributed by atoms with Crippen LogP contribution in [0.1, 0.15) is 51.8 Å². The summed E-state index contributed by atoms with van der Waals surface area (Å²) in [6, 6.07) is 7.50. The number of hydrogen-bond donors (Lipinski definition) is 3. The van der Waals surface area contributed by atoms with Crippen molar-refractivity contribution in [2.45, 2.75) is 45.2 Å². The predicted octanol–water partition coefficient (Wildman–Crippen LogP) is 2.17. The number of ether oxygens (including phenoxy) is 2. The van der Waals surface area contributed by atoms with Gasteiger partial charge in [0.25, 0.3) is 5.91 Å². The van der Waals surface area contributed by atoms with Gasteiger partial charge >= 0.3 is 6.03 Å². The summed E-state index contributed by atoms with van der Waals surface area (Å²) in [5.74, 6) is 0.408. The fourth-order valence-electron chi connectivity index (χ4n) is 4.09. The molecule has 2 aliphatic rings. The van der Waals surface area contributed by atoms with E-state index in [4.69, 9.17) is 14.0 Å². The standard InChI is InChI=1S/C21H26N4O5/c1-12-16(11-28-2)18(25-30-12)19(26)22-10-13-5-3-6-14(9-13)17-15-7-4-8-29-20(15)24-21(27)23-17/h3,5-6,9,15,17,20H,4,7-8,10-11H2,1-2H3,(H,22,26)(H2,23,24,27)/t15-,17-,20-/m0/s1. The molecule has 2 saturated heterocycles. The van der Waals surface area contributed by atoms with Crippen molar-refractivity contribution in [2.75, 3.05) is 13.7 Å². The lowest BCUT2D eigenvalue weighted by Gasteiger charge is -2.42. The Morgan fingerprint density at radius 2 is 2.23 bits per heavy atom. The fourth-order valence-corrected chi connectivity index (χ4v) is 4.09. The molecule has 2 fully saturated rings. The van der Waals surface area contributed by atoms with Gasteiger partial charge in [0, 0.05) is 26.2 Å². The van der Waals surface area contributed by atoms with Gasteiger partial charge in [0.2, 0.25) is 0 Å². The molecule has 0 saturated carbocycles. The predicted molar refractivity (Wildman–Crippen MR) is 106 cm³/mol. The number of carbonyl (C=O) groups excluding carboxylic acids is 2. The largest absolute Gasteiger partial charge is 0.380 e. The zero-order chi connectivity index (χ0) is 21.1. The molecule has 0 unspecified atom stereocenters. The van der Waals surface area contributed by atoms with Crippen LogP contribution in [0.3, 0.4) is 0 Å². The maximum absolute atomic E-state index is 12.6. The van der Waals surface area contributed by atoms with E-state index in [0.29, 0.717) is 24.5 Å². The molecular weight excluding hydrogens is 388 g/mol. The molecular formula is C21H26N4O5. The number of benzene rings is 1. The van der Waals surface area contributed by atoms with Crippen LogP contribution in [0.4, 0.5) is 4.79 Å². The number of rotatable bonds is 6. The fraction of sp³-hybridized carbons (Fsp3) is 0.476. The van der Waals surface area contributed by atoms with E-state index in [1.54, 1.807) is 14.0 Å². The van der Waals surface area contributed by atoms with Gasteiger partial charge in [-0.25, -0.2) is 4.79 Å². The van der Waals surface area contributed by atoms with E-state index in [-0.39, 0.29) is 42.4 Å². The second-order valence-electron chi connectivity index (χ2n) is 7.62. The molecule has 3 amide bonds. The number of fused-ring (bicyclic) bond motifs is 1. The molecule has 4 rings (SSSR count). The van der Waals surface area contributed by atoms with Gasteiger partial charge in [-0.15, -0.1) is 0 Å². The molecule has 0 aliphatic carbocycles. The van der Waals surface area contributed by atoms with Crippen molar-refractivity contribution in [1.29, 1.82) is 0 Å². The Kier molecular flexibility index (Phi) is 6.01.